The Morgan fingerprint density at radius 1 is 0.553 bits per heavy atom. The van der Waals surface area contributed by atoms with Crippen LogP contribution in [0.2, 0.25) is 0 Å². The van der Waals surface area contributed by atoms with Gasteiger partial charge >= 0.3 is 0 Å². The van der Waals surface area contributed by atoms with Crippen molar-refractivity contribution in [2.45, 2.75) is 0 Å². The largest absolute Gasteiger partial charge is 0.395 e. The molecule has 0 radical (unpaired) electrons. The molecule has 0 bridgehead atoms. The molecule has 2 heterocycles. The Balaban J connectivity index is 2.77. The van der Waals surface area contributed by atoms with Crippen LogP contribution < -0.4 is 0 Å². The number of aliphatic hydroxyl groups is 4. The quantitative estimate of drug-likeness (QED) is 0.256. The maximum atomic E-state index is 13.3. The summed E-state index contributed by atoms with van der Waals surface area (Å²) in [7, 11) is 6.01. The summed E-state index contributed by atoms with van der Waals surface area (Å²) in [5, 5.41) is 37.1. The van der Waals surface area contributed by atoms with Crippen molar-refractivity contribution in [3.8, 4) is 9.75 Å². The zero-order chi connectivity index (χ0) is 28.6. The third kappa shape index (κ3) is 7.15. The molecule has 0 unspecified atom stereocenters. The molecule has 2 rings (SSSR count). The zero-order valence-electron chi connectivity index (χ0n) is 21.8. The number of nitrogens with zero attached hydrogens (tertiary/aromatic N) is 4. The lowest BCUT2D eigenvalue weighted by atomic mass is 10.1. The van der Waals surface area contributed by atoms with Gasteiger partial charge in [0, 0.05) is 54.4 Å². The molecule has 4 amide bonds. The van der Waals surface area contributed by atoms with Gasteiger partial charge in [0.15, 0.2) is 0 Å². The van der Waals surface area contributed by atoms with Gasteiger partial charge in [-0.15, -0.1) is 22.7 Å². The molecule has 2 aromatic rings. The van der Waals surface area contributed by atoms with E-state index in [0.717, 1.165) is 22.7 Å². The molecule has 12 nitrogen and oxygen atoms in total. The van der Waals surface area contributed by atoms with Crippen molar-refractivity contribution in [2.24, 2.45) is 0 Å². The first-order valence-electron chi connectivity index (χ1n) is 11.8. The van der Waals surface area contributed by atoms with Gasteiger partial charge in [-0.2, -0.15) is 0 Å². The van der Waals surface area contributed by atoms with Crippen molar-refractivity contribution in [1.82, 2.24) is 19.6 Å². The van der Waals surface area contributed by atoms with Crippen LogP contribution in [0.5, 0.6) is 0 Å². The maximum Gasteiger partial charge on any atom is 0.263 e. The number of aliphatic hydroxyl groups excluding tert-OH is 4. The number of hydrogen-bond donors (Lipinski definition) is 4. The molecule has 0 aromatic carbocycles. The normalized spacial score (nSPS) is 10.8. The topological polar surface area (TPSA) is 162 Å². The van der Waals surface area contributed by atoms with Gasteiger partial charge in [0.2, 0.25) is 0 Å². The predicted octanol–water partition coefficient (Wildman–Crippen LogP) is -0.266. The van der Waals surface area contributed by atoms with E-state index in [1.54, 1.807) is 0 Å². The first-order valence-corrected chi connectivity index (χ1v) is 13.4. The highest BCUT2D eigenvalue weighted by Crippen LogP contribution is 2.41. The van der Waals surface area contributed by atoms with Crippen LogP contribution in [0.15, 0.2) is 12.1 Å². The molecule has 4 N–H and O–H groups in total. The van der Waals surface area contributed by atoms with Crippen molar-refractivity contribution in [1.29, 1.82) is 0 Å². The van der Waals surface area contributed by atoms with Crippen LogP contribution in [0, 0.1) is 0 Å². The summed E-state index contributed by atoms with van der Waals surface area (Å²) in [6, 6.07) is 2.83. The summed E-state index contributed by atoms with van der Waals surface area (Å²) >= 11 is 1.96. The summed E-state index contributed by atoms with van der Waals surface area (Å²) in [5.41, 5.74) is 0.241. The van der Waals surface area contributed by atoms with Crippen molar-refractivity contribution < 1.29 is 39.6 Å². The van der Waals surface area contributed by atoms with Crippen molar-refractivity contribution in [3.05, 3.63) is 33.0 Å². The second kappa shape index (κ2) is 14.3. The molecule has 14 heteroatoms. The molecular formula is C24H34N4O8S2. The standard InChI is InChI=1S/C24H34N4O8S2/c1-25(5-9-29)21(33)15-13-17(23(35)27(3)7-11-31)37-19(15)20-16(22(34)26(2)6-10-30)14-18(38-20)24(36)28(4)8-12-32/h13-14,29-32H,5-12H2,1-4H3. The Morgan fingerprint density at radius 3 is 1.08 bits per heavy atom. The van der Waals surface area contributed by atoms with Crippen LogP contribution >= 0.6 is 22.7 Å². The second-order valence-electron chi connectivity index (χ2n) is 8.51. The monoisotopic (exact) mass is 570 g/mol. The Labute approximate surface area is 228 Å². The molecule has 0 aliphatic heterocycles. The maximum absolute atomic E-state index is 13.3. The highest BCUT2D eigenvalue weighted by Gasteiger charge is 2.30. The van der Waals surface area contributed by atoms with E-state index in [9.17, 15) is 39.6 Å². The van der Waals surface area contributed by atoms with Gasteiger partial charge < -0.3 is 40.0 Å². The van der Waals surface area contributed by atoms with Gasteiger partial charge in [0.25, 0.3) is 23.6 Å². The second-order valence-corrected chi connectivity index (χ2v) is 10.6. The van der Waals surface area contributed by atoms with Gasteiger partial charge in [-0.3, -0.25) is 19.2 Å². The fourth-order valence-corrected chi connectivity index (χ4v) is 5.89. The highest BCUT2D eigenvalue weighted by atomic mass is 32.1. The number of thiophene rings is 2. The van der Waals surface area contributed by atoms with E-state index >= 15 is 0 Å². The number of hydrogen-bond acceptors (Lipinski definition) is 10. The number of carbonyl (C=O) groups excluding carboxylic acids is 4. The average Bonchev–Trinajstić information content (AvgIpc) is 3.52. The Bertz CT molecular complexity index is 1060. The van der Waals surface area contributed by atoms with Gasteiger partial charge in [-0.25, -0.2) is 0 Å². The fraction of sp³-hybridized carbons (Fsp3) is 0.500. The Hall–Kier alpha value is -2.88. The molecule has 0 aliphatic carbocycles. The van der Waals surface area contributed by atoms with Gasteiger partial charge in [0.05, 0.1) is 57.1 Å². The van der Waals surface area contributed by atoms with E-state index in [-0.39, 0.29) is 73.5 Å². The lowest BCUT2D eigenvalue weighted by molar-refractivity contribution is 0.0755. The zero-order valence-corrected chi connectivity index (χ0v) is 23.5. The summed E-state index contributed by atoms with van der Waals surface area (Å²) < 4.78 is 0. The number of likely N-dealkylation sites (N-methyl/N-ethyl adjacent to an activating group) is 4. The van der Waals surface area contributed by atoms with E-state index in [2.05, 4.69) is 0 Å². The van der Waals surface area contributed by atoms with Crippen LogP contribution in [0.3, 0.4) is 0 Å². The van der Waals surface area contributed by atoms with Crippen molar-refractivity contribution in [3.63, 3.8) is 0 Å². The van der Waals surface area contributed by atoms with Crippen molar-refractivity contribution in [2.75, 3.05) is 80.8 Å². The average molecular weight is 571 g/mol. The van der Waals surface area contributed by atoms with E-state index < -0.39 is 23.6 Å². The van der Waals surface area contributed by atoms with E-state index in [1.165, 1.54) is 59.9 Å². The SMILES string of the molecule is CN(CCO)C(=O)c1cc(C(=O)N(C)CCO)c(-c2sc(C(=O)N(C)CCO)cc2C(=O)N(C)CCO)s1. The van der Waals surface area contributed by atoms with Crippen molar-refractivity contribution >= 4 is 46.3 Å². The molecule has 0 saturated carbocycles. The van der Waals surface area contributed by atoms with Crippen LogP contribution in [0.25, 0.3) is 9.75 Å². The highest BCUT2D eigenvalue weighted by molar-refractivity contribution is 7.24. The molecule has 0 atom stereocenters. The number of amides is 4. The van der Waals surface area contributed by atoms with E-state index in [1.807, 2.05) is 0 Å². The minimum atomic E-state index is -0.491. The molecular weight excluding hydrogens is 536 g/mol. The first-order chi connectivity index (χ1) is 18.0. The molecule has 38 heavy (non-hydrogen) atoms. The summed E-state index contributed by atoms with van der Waals surface area (Å²) in [6.07, 6.45) is 0. The lowest BCUT2D eigenvalue weighted by Gasteiger charge is -2.17. The molecule has 0 aliphatic rings. The Kier molecular flexibility index (Phi) is 11.8. The molecule has 0 fully saturated rings. The van der Waals surface area contributed by atoms with Crippen LogP contribution in [0.4, 0.5) is 0 Å². The summed E-state index contributed by atoms with van der Waals surface area (Å²) in [4.78, 5) is 58.9. The Morgan fingerprint density at radius 2 is 0.816 bits per heavy atom. The van der Waals surface area contributed by atoms with Gasteiger partial charge in [-0.05, 0) is 12.1 Å². The fourth-order valence-electron chi connectivity index (χ4n) is 3.44. The molecule has 210 valence electrons. The molecule has 2 aromatic heterocycles. The number of rotatable bonds is 13. The van der Waals surface area contributed by atoms with Crippen LogP contribution in [0.1, 0.15) is 40.1 Å². The molecule has 0 spiro atoms. The van der Waals surface area contributed by atoms with E-state index in [4.69, 9.17) is 0 Å². The lowest BCUT2D eigenvalue weighted by Crippen LogP contribution is -2.30. The summed E-state index contributed by atoms with van der Waals surface area (Å²) in [5.74, 6) is -1.85. The predicted molar refractivity (Wildman–Crippen MR) is 144 cm³/mol. The minimum Gasteiger partial charge on any atom is -0.395 e. The first kappa shape index (κ1) is 31.3. The van der Waals surface area contributed by atoms with Crippen LogP contribution in [-0.2, 0) is 0 Å². The summed E-state index contributed by atoms with van der Waals surface area (Å²) in [6.45, 7) is -0.846. The molecule has 0 saturated heterocycles. The van der Waals surface area contributed by atoms with Gasteiger partial charge in [-0.1, -0.05) is 0 Å². The van der Waals surface area contributed by atoms with Gasteiger partial charge in [0.1, 0.15) is 0 Å². The third-order valence-electron chi connectivity index (χ3n) is 5.68. The third-order valence-corrected chi connectivity index (χ3v) is 8.09. The number of carbonyl (C=O) groups is 4. The van der Waals surface area contributed by atoms with Crippen LogP contribution in [-0.4, -0.2) is 144 Å². The minimum absolute atomic E-state index is 0.0347. The van der Waals surface area contributed by atoms with E-state index in [0.29, 0.717) is 9.75 Å². The smallest absolute Gasteiger partial charge is 0.263 e.